The van der Waals surface area contributed by atoms with Gasteiger partial charge in [0.25, 0.3) is 0 Å². The Morgan fingerprint density at radius 1 is 1.00 bits per heavy atom. The van der Waals surface area contributed by atoms with Crippen molar-refractivity contribution in [2.75, 3.05) is 26.2 Å². The summed E-state index contributed by atoms with van der Waals surface area (Å²) in [6.07, 6.45) is -3.86. The molecule has 2 aromatic rings. The molecule has 2 nitrogen and oxygen atoms in total. The first-order valence-corrected chi connectivity index (χ1v) is 8.91. The average Bonchev–Trinajstić information content (AvgIpc) is 2.86. The number of halogens is 6. The number of hydrogen-bond donors (Lipinski definition) is 1. The van der Waals surface area contributed by atoms with E-state index in [-0.39, 0.29) is 11.1 Å². The number of nitrogens with zero attached hydrogens (tertiary/aromatic N) is 1. The van der Waals surface area contributed by atoms with E-state index in [2.05, 4.69) is 5.32 Å². The second kappa shape index (κ2) is 8.12. The van der Waals surface area contributed by atoms with Crippen molar-refractivity contribution in [3.63, 3.8) is 0 Å². The monoisotopic (exact) mass is 404 g/mol. The van der Waals surface area contributed by atoms with Crippen LogP contribution in [0.2, 0.25) is 5.02 Å². The van der Waals surface area contributed by atoms with Gasteiger partial charge in [-0.1, -0.05) is 23.7 Å². The van der Waals surface area contributed by atoms with E-state index in [1.165, 1.54) is 18.2 Å². The first-order chi connectivity index (χ1) is 12.8. The van der Waals surface area contributed by atoms with Gasteiger partial charge in [-0.2, -0.15) is 13.2 Å². The van der Waals surface area contributed by atoms with Crippen LogP contribution in [0.5, 0.6) is 0 Å². The van der Waals surface area contributed by atoms with Crippen molar-refractivity contribution in [2.24, 2.45) is 0 Å². The minimum Gasteiger partial charge on any atom is -0.315 e. The molecule has 0 amide bonds. The number of alkyl halides is 3. The molecular formula is C19H18ClF5N2. The summed E-state index contributed by atoms with van der Waals surface area (Å²) in [4.78, 5) is 1.90. The highest BCUT2D eigenvalue weighted by Crippen LogP contribution is 2.39. The molecule has 0 radical (unpaired) electrons. The molecular weight excluding hydrogens is 387 g/mol. The molecule has 1 aliphatic rings. The summed E-state index contributed by atoms with van der Waals surface area (Å²) in [6, 6.07) is 5.96. The van der Waals surface area contributed by atoms with Crippen LogP contribution < -0.4 is 5.32 Å². The van der Waals surface area contributed by atoms with Gasteiger partial charge in [0, 0.05) is 31.3 Å². The summed E-state index contributed by atoms with van der Waals surface area (Å²) < 4.78 is 67.8. The SMILES string of the molecule is Fc1ccc(C(c2ccc(Cl)c(C(F)(F)F)c2)N2CCCNCC2)c(F)c1. The standard InChI is InChI=1S/C19H18ClF5N2/c20-16-5-2-12(10-15(16)19(23,24)25)18(27-8-1-6-26-7-9-27)14-4-3-13(21)11-17(14)22/h2-5,10-11,18,26H,1,6-9H2. The number of rotatable bonds is 3. The van der Waals surface area contributed by atoms with Crippen molar-refractivity contribution in [1.82, 2.24) is 10.2 Å². The molecule has 1 heterocycles. The van der Waals surface area contributed by atoms with Gasteiger partial charge in [0.2, 0.25) is 0 Å². The lowest BCUT2D eigenvalue weighted by molar-refractivity contribution is -0.137. The van der Waals surface area contributed by atoms with Gasteiger partial charge in [0.05, 0.1) is 16.6 Å². The maximum absolute atomic E-state index is 14.5. The highest BCUT2D eigenvalue weighted by molar-refractivity contribution is 6.31. The summed E-state index contributed by atoms with van der Waals surface area (Å²) >= 11 is 5.73. The molecule has 8 heteroatoms. The fraction of sp³-hybridized carbons (Fsp3) is 0.368. The fourth-order valence-corrected chi connectivity index (χ4v) is 3.59. The molecule has 0 aliphatic carbocycles. The van der Waals surface area contributed by atoms with E-state index in [9.17, 15) is 22.0 Å². The van der Waals surface area contributed by atoms with E-state index >= 15 is 0 Å². The van der Waals surface area contributed by atoms with Crippen LogP contribution in [0.15, 0.2) is 36.4 Å². The van der Waals surface area contributed by atoms with Gasteiger partial charge in [-0.15, -0.1) is 0 Å². The predicted molar refractivity (Wildman–Crippen MR) is 93.7 cm³/mol. The van der Waals surface area contributed by atoms with E-state index in [0.717, 1.165) is 31.2 Å². The molecule has 1 unspecified atom stereocenters. The van der Waals surface area contributed by atoms with Crippen molar-refractivity contribution >= 4 is 11.6 Å². The zero-order chi connectivity index (χ0) is 19.6. The molecule has 0 bridgehead atoms. The maximum atomic E-state index is 14.5. The van der Waals surface area contributed by atoms with Crippen LogP contribution in [0.3, 0.4) is 0 Å². The lowest BCUT2D eigenvalue weighted by Gasteiger charge is -2.32. The molecule has 146 valence electrons. The van der Waals surface area contributed by atoms with E-state index in [1.807, 2.05) is 4.90 Å². The minimum absolute atomic E-state index is 0.133. The molecule has 27 heavy (non-hydrogen) atoms. The third-order valence-corrected chi connectivity index (χ3v) is 4.94. The summed E-state index contributed by atoms with van der Waals surface area (Å²) in [5, 5.41) is 2.79. The fourth-order valence-electron chi connectivity index (χ4n) is 3.37. The maximum Gasteiger partial charge on any atom is 0.417 e. The van der Waals surface area contributed by atoms with Gasteiger partial charge in [-0.3, -0.25) is 4.90 Å². The minimum atomic E-state index is -4.63. The van der Waals surface area contributed by atoms with Gasteiger partial charge in [0.1, 0.15) is 11.6 Å². The Morgan fingerprint density at radius 2 is 1.78 bits per heavy atom. The third-order valence-electron chi connectivity index (χ3n) is 4.61. The average molecular weight is 405 g/mol. The van der Waals surface area contributed by atoms with Gasteiger partial charge in [-0.25, -0.2) is 8.78 Å². The first-order valence-electron chi connectivity index (χ1n) is 8.54. The molecule has 1 fully saturated rings. The van der Waals surface area contributed by atoms with Crippen LogP contribution in [0.1, 0.15) is 29.2 Å². The number of nitrogens with one attached hydrogen (secondary N) is 1. The number of hydrogen-bond acceptors (Lipinski definition) is 2. The van der Waals surface area contributed by atoms with Gasteiger partial charge >= 0.3 is 6.18 Å². The summed E-state index contributed by atoms with van der Waals surface area (Å²) in [5.41, 5.74) is -0.574. The molecule has 0 spiro atoms. The lowest BCUT2D eigenvalue weighted by atomic mass is 9.94. The second-order valence-corrected chi connectivity index (χ2v) is 6.85. The molecule has 1 N–H and O–H groups in total. The van der Waals surface area contributed by atoms with E-state index < -0.39 is 34.4 Å². The summed E-state index contributed by atoms with van der Waals surface area (Å²) in [7, 11) is 0. The Labute approximate surface area is 158 Å². The van der Waals surface area contributed by atoms with Crippen molar-refractivity contribution < 1.29 is 22.0 Å². The van der Waals surface area contributed by atoms with Crippen LogP contribution in [-0.2, 0) is 6.18 Å². The molecule has 3 rings (SSSR count). The van der Waals surface area contributed by atoms with E-state index in [4.69, 9.17) is 11.6 Å². The molecule has 1 atom stereocenters. The van der Waals surface area contributed by atoms with Crippen LogP contribution in [0.25, 0.3) is 0 Å². The summed E-state index contributed by atoms with van der Waals surface area (Å²) in [5.74, 6) is -1.53. The summed E-state index contributed by atoms with van der Waals surface area (Å²) in [6.45, 7) is 2.48. The second-order valence-electron chi connectivity index (χ2n) is 6.44. The van der Waals surface area contributed by atoms with Gasteiger partial charge < -0.3 is 5.32 Å². The largest absolute Gasteiger partial charge is 0.417 e. The van der Waals surface area contributed by atoms with Crippen molar-refractivity contribution in [3.8, 4) is 0 Å². The van der Waals surface area contributed by atoms with Gasteiger partial charge in [0.15, 0.2) is 0 Å². The van der Waals surface area contributed by atoms with Crippen LogP contribution in [0, 0.1) is 11.6 Å². The Kier molecular flexibility index (Phi) is 6.03. The lowest BCUT2D eigenvalue weighted by Crippen LogP contribution is -2.33. The third kappa shape index (κ3) is 4.59. The molecule has 1 saturated heterocycles. The molecule has 1 aliphatic heterocycles. The van der Waals surface area contributed by atoms with Gasteiger partial charge in [-0.05, 0) is 36.7 Å². The van der Waals surface area contributed by atoms with Crippen molar-refractivity contribution in [1.29, 1.82) is 0 Å². The Hall–Kier alpha value is -1.70. The van der Waals surface area contributed by atoms with Crippen molar-refractivity contribution in [3.05, 3.63) is 69.7 Å². The zero-order valence-electron chi connectivity index (χ0n) is 14.3. The van der Waals surface area contributed by atoms with E-state index in [1.54, 1.807) is 0 Å². The Balaban J connectivity index is 2.12. The smallest absolute Gasteiger partial charge is 0.315 e. The normalized spacial score (nSPS) is 17.6. The van der Waals surface area contributed by atoms with Crippen LogP contribution >= 0.6 is 11.6 Å². The predicted octanol–water partition coefficient (Wildman–Crippen LogP) is 5.02. The molecule has 2 aromatic carbocycles. The van der Waals surface area contributed by atoms with Crippen LogP contribution in [-0.4, -0.2) is 31.1 Å². The number of benzene rings is 2. The Bertz CT molecular complexity index is 801. The highest BCUT2D eigenvalue weighted by atomic mass is 35.5. The molecule has 0 saturated carbocycles. The molecule has 0 aromatic heterocycles. The zero-order valence-corrected chi connectivity index (χ0v) is 15.0. The van der Waals surface area contributed by atoms with E-state index in [0.29, 0.717) is 19.6 Å². The van der Waals surface area contributed by atoms with Crippen molar-refractivity contribution in [2.45, 2.75) is 18.6 Å². The Morgan fingerprint density at radius 3 is 2.48 bits per heavy atom. The first kappa shape index (κ1) is 20.0. The van der Waals surface area contributed by atoms with Crippen LogP contribution in [0.4, 0.5) is 22.0 Å². The highest BCUT2D eigenvalue weighted by Gasteiger charge is 2.35. The topological polar surface area (TPSA) is 15.3 Å². The quantitative estimate of drug-likeness (QED) is 0.722.